The number of hydrogen-bond donors (Lipinski definition) is 1. The van der Waals surface area contributed by atoms with E-state index in [-0.39, 0.29) is 5.54 Å². The number of ether oxygens (including phenoxy) is 1. The number of hydrogen-bond acceptors (Lipinski definition) is 2. The third-order valence-corrected chi connectivity index (χ3v) is 3.72. The minimum absolute atomic E-state index is 0.178. The van der Waals surface area contributed by atoms with Gasteiger partial charge in [0, 0.05) is 11.1 Å². The zero-order valence-corrected chi connectivity index (χ0v) is 10.7. The zero-order chi connectivity index (χ0) is 12.1. The van der Waals surface area contributed by atoms with Gasteiger partial charge in [0.15, 0.2) is 0 Å². The highest BCUT2D eigenvalue weighted by Gasteiger charge is 2.30. The Bertz CT molecular complexity index is 354. The normalized spacial score (nSPS) is 19.6. The molecule has 0 unspecified atom stereocenters. The molecule has 1 aromatic rings. The van der Waals surface area contributed by atoms with Crippen LogP contribution in [0.2, 0.25) is 0 Å². The van der Waals surface area contributed by atoms with E-state index in [0.717, 1.165) is 18.6 Å². The lowest BCUT2D eigenvalue weighted by molar-refractivity contribution is 0.311. The second-order valence-corrected chi connectivity index (χ2v) is 5.00. The van der Waals surface area contributed by atoms with E-state index in [0.29, 0.717) is 6.61 Å². The summed E-state index contributed by atoms with van der Waals surface area (Å²) in [6.45, 7) is 2.72. The van der Waals surface area contributed by atoms with Gasteiger partial charge in [0.05, 0.1) is 6.61 Å². The molecule has 1 aliphatic carbocycles. The van der Waals surface area contributed by atoms with Crippen LogP contribution >= 0.6 is 0 Å². The summed E-state index contributed by atoms with van der Waals surface area (Å²) in [6.07, 6.45) is 7.26. The lowest BCUT2D eigenvalue weighted by atomic mass is 9.83. The summed E-state index contributed by atoms with van der Waals surface area (Å²) in [6, 6.07) is 8.26. The van der Waals surface area contributed by atoms with Gasteiger partial charge in [-0.15, -0.1) is 0 Å². The van der Waals surface area contributed by atoms with E-state index in [2.05, 4.69) is 12.1 Å². The van der Waals surface area contributed by atoms with Crippen molar-refractivity contribution >= 4 is 0 Å². The topological polar surface area (TPSA) is 35.2 Å². The maximum atomic E-state index is 6.63. The Labute approximate surface area is 104 Å². The van der Waals surface area contributed by atoms with Gasteiger partial charge in [-0.3, -0.25) is 0 Å². The fourth-order valence-corrected chi connectivity index (χ4v) is 2.79. The standard InChI is InChI=1S/C15H23NO/c1-2-17-14-10-6-5-9-13(14)15(16)11-7-3-4-8-12-15/h5-6,9-10H,2-4,7-8,11-12,16H2,1H3. The van der Waals surface area contributed by atoms with Crippen LogP contribution < -0.4 is 10.5 Å². The van der Waals surface area contributed by atoms with Crippen LogP contribution in [-0.4, -0.2) is 6.61 Å². The van der Waals surface area contributed by atoms with Crippen LogP contribution in [0.4, 0.5) is 0 Å². The summed E-state index contributed by atoms with van der Waals surface area (Å²) in [5.74, 6) is 0.972. The van der Waals surface area contributed by atoms with Gasteiger partial charge in [0.2, 0.25) is 0 Å². The molecule has 17 heavy (non-hydrogen) atoms. The molecule has 0 spiro atoms. The van der Waals surface area contributed by atoms with Gasteiger partial charge in [0.25, 0.3) is 0 Å². The van der Waals surface area contributed by atoms with Gasteiger partial charge in [-0.25, -0.2) is 0 Å². The van der Waals surface area contributed by atoms with E-state index in [1.807, 2.05) is 19.1 Å². The Morgan fingerprint density at radius 3 is 2.41 bits per heavy atom. The largest absolute Gasteiger partial charge is 0.494 e. The molecule has 0 radical (unpaired) electrons. The highest BCUT2D eigenvalue weighted by molar-refractivity contribution is 5.39. The van der Waals surface area contributed by atoms with Crippen molar-refractivity contribution in [3.05, 3.63) is 29.8 Å². The van der Waals surface area contributed by atoms with Gasteiger partial charge in [-0.1, -0.05) is 43.9 Å². The third kappa shape index (κ3) is 2.81. The van der Waals surface area contributed by atoms with E-state index in [1.165, 1.54) is 31.2 Å². The molecule has 1 aliphatic rings. The summed E-state index contributed by atoms with van der Waals surface area (Å²) >= 11 is 0. The van der Waals surface area contributed by atoms with Crippen LogP contribution in [0.3, 0.4) is 0 Å². The maximum absolute atomic E-state index is 6.63. The average Bonchev–Trinajstić information content (AvgIpc) is 2.56. The molecule has 0 heterocycles. The van der Waals surface area contributed by atoms with E-state index in [1.54, 1.807) is 0 Å². The van der Waals surface area contributed by atoms with Crippen molar-refractivity contribution in [2.75, 3.05) is 6.61 Å². The molecule has 0 aromatic heterocycles. The summed E-state index contributed by atoms with van der Waals surface area (Å²) < 4.78 is 5.72. The molecule has 0 aliphatic heterocycles. The predicted octanol–water partition coefficient (Wildman–Crippen LogP) is 3.59. The molecule has 2 N–H and O–H groups in total. The van der Waals surface area contributed by atoms with Crippen LogP contribution in [0.5, 0.6) is 5.75 Å². The van der Waals surface area contributed by atoms with Crippen molar-refractivity contribution in [2.45, 2.75) is 51.0 Å². The van der Waals surface area contributed by atoms with Gasteiger partial charge < -0.3 is 10.5 Å². The van der Waals surface area contributed by atoms with Crippen LogP contribution in [0.15, 0.2) is 24.3 Å². The number of benzene rings is 1. The molecule has 1 aromatic carbocycles. The first-order chi connectivity index (χ1) is 8.26. The molecule has 2 rings (SSSR count). The Kier molecular flexibility index (Phi) is 4.06. The van der Waals surface area contributed by atoms with Gasteiger partial charge >= 0.3 is 0 Å². The minimum Gasteiger partial charge on any atom is -0.494 e. The van der Waals surface area contributed by atoms with Gasteiger partial charge in [-0.2, -0.15) is 0 Å². The quantitative estimate of drug-likeness (QED) is 0.810. The zero-order valence-electron chi connectivity index (χ0n) is 10.7. The summed E-state index contributed by atoms with van der Waals surface area (Å²) in [5.41, 5.74) is 7.65. The maximum Gasteiger partial charge on any atom is 0.124 e. The molecule has 0 atom stereocenters. The first-order valence-electron chi connectivity index (χ1n) is 6.77. The van der Waals surface area contributed by atoms with Crippen molar-refractivity contribution in [3.8, 4) is 5.75 Å². The van der Waals surface area contributed by atoms with Crippen LogP contribution in [0.25, 0.3) is 0 Å². The van der Waals surface area contributed by atoms with Crippen molar-refractivity contribution in [1.29, 1.82) is 0 Å². The molecular weight excluding hydrogens is 210 g/mol. The second kappa shape index (κ2) is 5.54. The molecule has 94 valence electrons. The highest BCUT2D eigenvalue weighted by atomic mass is 16.5. The van der Waals surface area contributed by atoms with Gasteiger partial charge in [0.1, 0.15) is 5.75 Å². The number of nitrogens with two attached hydrogens (primary N) is 1. The fourth-order valence-electron chi connectivity index (χ4n) is 2.79. The Hall–Kier alpha value is -1.02. The molecular formula is C15H23NO. The van der Waals surface area contributed by atoms with E-state index < -0.39 is 0 Å². The Morgan fingerprint density at radius 2 is 1.76 bits per heavy atom. The second-order valence-electron chi connectivity index (χ2n) is 5.00. The first-order valence-corrected chi connectivity index (χ1v) is 6.77. The molecule has 2 heteroatoms. The van der Waals surface area contributed by atoms with E-state index in [4.69, 9.17) is 10.5 Å². The molecule has 1 saturated carbocycles. The minimum atomic E-state index is -0.178. The van der Waals surface area contributed by atoms with E-state index >= 15 is 0 Å². The lowest BCUT2D eigenvalue weighted by Gasteiger charge is -2.30. The monoisotopic (exact) mass is 233 g/mol. The van der Waals surface area contributed by atoms with Crippen molar-refractivity contribution in [1.82, 2.24) is 0 Å². The fraction of sp³-hybridized carbons (Fsp3) is 0.600. The van der Waals surface area contributed by atoms with E-state index in [9.17, 15) is 0 Å². The van der Waals surface area contributed by atoms with Crippen molar-refractivity contribution in [2.24, 2.45) is 5.73 Å². The summed E-state index contributed by atoms with van der Waals surface area (Å²) in [5, 5.41) is 0. The molecule has 2 nitrogen and oxygen atoms in total. The predicted molar refractivity (Wildman–Crippen MR) is 71.2 cm³/mol. The highest BCUT2D eigenvalue weighted by Crippen LogP contribution is 2.38. The summed E-state index contributed by atoms with van der Waals surface area (Å²) in [7, 11) is 0. The third-order valence-electron chi connectivity index (χ3n) is 3.72. The van der Waals surface area contributed by atoms with Crippen LogP contribution in [-0.2, 0) is 5.54 Å². The SMILES string of the molecule is CCOc1ccccc1C1(N)CCCCCC1. The van der Waals surface area contributed by atoms with Crippen LogP contribution in [0.1, 0.15) is 51.0 Å². The smallest absolute Gasteiger partial charge is 0.124 e. The molecule has 0 saturated heterocycles. The number of para-hydroxylation sites is 1. The average molecular weight is 233 g/mol. The van der Waals surface area contributed by atoms with Crippen molar-refractivity contribution < 1.29 is 4.74 Å². The molecule has 0 amide bonds. The summed E-state index contributed by atoms with van der Waals surface area (Å²) in [4.78, 5) is 0. The van der Waals surface area contributed by atoms with Gasteiger partial charge in [-0.05, 0) is 25.8 Å². The number of rotatable bonds is 3. The first kappa shape index (κ1) is 12.4. The molecule has 0 bridgehead atoms. The molecule has 1 fully saturated rings. The van der Waals surface area contributed by atoms with Crippen molar-refractivity contribution in [3.63, 3.8) is 0 Å². The Balaban J connectivity index is 2.29. The Morgan fingerprint density at radius 1 is 1.12 bits per heavy atom. The lowest BCUT2D eigenvalue weighted by Crippen LogP contribution is -2.36. The van der Waals surface area contributed by atoms with Crippen LogP contribution in [0, 0.1) is 0 Å².